The van der Waals surface area contributed by atoms with Crippen molar-refractivity contribution < 1.29 is 19.0 Å². The predicted octanol–water partition coefficient (Wildman–Crippen LogP) is 3.51. The molecule has 1 unspecified atom stereocenters. The molecule has 0 saturated heterocycles. The summed E-state index contributed by atoms with van der Waals surface area (Å²) in [6.07, 6.45) is 0.403. The van der Waals surface area contributed by atoms with Crippen LogP contribution in [0.4, 0.5) is 4.39 Å². The predicted molar refractivity (Wildman–Crippen MR) is 82.4 cm³/mol. The Bertz CT molecular complexity index is 648. The highest BCUT2D eigenvalue weighted by atomic mass is 19.1. The molecule has 0 fully saturated rings. The molecule has 0 radical (unpaired) electrons. The Hall–Kier alpha value is -2.46. The summed E-state index contributed by atoms with van der Waals surface area (Å²) in [5, 5.41) is 10.5. The molecule has 2 rings (SSSR count). The molecule has 0 bridgehead atoms. The van der Waals surface area contributed by atoms with Gasteiger partial charge in [0, 0.05) is 0 Å². The molecule has 0 aromatic heterocycles. The monoisotopic (exact) mass is 300 g/mol. The van der Waals surface area contributed by atoms with E-state index in [1.807, 2.05) is 6.07 Å². The molecule has 0 aliphatic heterocycles. The minimum Gasteiger partial charge on any atom is -0.463 e. The minimum absolute atomic E-state index is 0.111. The molecule has 114 valence electrons. The average Bonchev–Trinajstić information content (AvgIpc) is 2.54. The van der Waals surface area contributed by atoms with Crippen LogP contribution >= 0.6 is 0 Å². The topological polar surface area (TPSA) is 46.5 Å². The van der Waals surface area contributed by atoms with Gasteiger partial charge in [0.05, 0.1) is 12.2 Å². The van der Waals surface area contributed by atoms with Crippen LogP contribution in [0.5, 0.6) is 0 Å². The summed E-state index contributed by atoms with van der Waals surface area (Å²) in [4.78, 5) is 12.1. The first-order valence-corrected chi connectivity index (χ1v) is 6.99. The van der Waals surface area contributed by atoms with E-state index < -0.39 is 12.1 Å². The van der Waals surface area contributed by atoms with Crippen molar-refractivity contribution in [3.8, 4) is 0 Å². The van der Waals surface area contributed by atoms with E-state index in [1.165, 1.54) is 30.3 Å². The van der Waals surface area contributed by atoms with Crippen LogP contribution in [0.3, 0.4) is 0 Å². The molecule has 3 nitrogen and oxygen atoms in total. The third-order valence-corrected chi connectivity index (χ3v) is 3.11. The fourth-order valence-electron chi connectivity index (χ4n) is 2.02. The first-order chi connectivity index (χ1) is 10.6. The van der Waals surface area contributed by atoms with E-state index in [2.05, 4.69) is 0 Å². The number of hydrogen-bond acceptors (Lipinski definition) is 3. The van der Waals surface area contributed by atoms with Crippen molar-refractivity contribution in [3.63, 3.8) is 0 Å². The highest BCUT2D eigenvalue weighted by Gasteiger charge is 2.21. The lowest BCUT2D eigenvalue weighted by Gasteiger charge is -2.14. The molecular formula is C18H17FO3. The van der Waals surface area contributed by atoms with Gasteiger partial charge in [-0.1, -0.05) is 42.5 Å². The fraction of sp³-hybridized carbons (Fsp3) is 0.167. The van der Waals surface area contributed by atoms with Crippen molar-refractivity contribution in [3.05, 3.63) is 77.1 Å². The van der Waals surface area contributed by atoms with E-state index in [0.717, 1.165) is 0 Å². The second-order valence-electron chi connectivity index (χ2n) is 4.68. The number of benzene rings is 2. The second-order valence-corrected chi connectivity index (χ2v) is 4.68. The summed E-state index contributed by atoms with van der Waals surface area (Å²) >= 11 is 0. The van der Waals surface area contributed by atoms with Gasteiger partial charge < -0.3 is 9.84 Å². The molecule has 4 heteroatoms. The van der Waals surface area contributed by atoms with Crippen LogP contribution in [0, 0.1) is 5.82 Å². The van der Waals surface area contributed by atoms with Crippen molar-refractivity contribution >= 4 is 12.0 Å². The fourth-order valence-corrected chi connectivity index (χ4v) is 2.02. The average molecular weight is 300 g/mol. The molecule has 2 aromatic carbocycles. The van der Waals surface area contributed by atoms with Gasteiger partial charge in [-0.3, -0.25) is 0 Å². The molecule has 1 N–H and O–H groups in total. The lowest BCUT2D eigenvalue weighted by Crippen LogP contribution is -2.14. The Morgan fingerprint density at radius 3 is 2.41 bits per heavy atom. The first-order valence-electron chi connectivity index (χ1n) is 6.99. The van der Waals surface area contributed by atoms with E-state index in [1.54, 1.807) is 31.2 Å². The van der Waals surface area contributed by atoms with E-state index in [-0.39, 0.29) is 18.0 Å². The molecule has 0 heterocycles. The number of carbonyl (C=O) groups excluding carboxylic acids is 1. The number of halogens is 1. The maximum absolute atomic E-state index is 13.0. The van der Waals surface area contributed by atoms with Crippen LogP contribution < -0.4 is 0 Å². The van der Waals surface area contributed by atoms with Crippen molar-refractivity contribution in [2.24, 2.45) is 0 Å². The van der Waals surface area contributed by atoms with Gasteiger partial charge in [-0.2, -0.15) is 0 Å². The maximum Gasteiger partial charge on any atom is 0.337 e. The number of rotatable bonds is 5. The Morgan fingerprint density at radius 1 is 1.18 bits per heavy atom. The zero-order valence-electron chi connectivity index (χ0n) is 12.2. The maximum atomic E-state index is 13.0. The van der Waals surface area contributed by atoms with Crippen LogP contribution in [-0.2, 0) is 9.53 Å². The number of carbonyl (C=O) groups is 1. The third kappa shape index (κ3) is 4.02. The van der Waals surface area contributed by atoms with Gasteiger partial charge in [0.15, 0.2) is 0 Å². The summed E-state index contributed by atoms with van der Waals surface area (Å²) in [6, 6.07) is 14.5. The number of hydrogen-bond donors (Lipinski definition) is 1. The van der Waals surface area contributed by atoms with E-state index in [4.69, 9.17) is 4.74 Å². The Kier molecular flexibility index (Phi) is 5.44. The number of esters is 1. The zero-order chi connectivity index (χ0) is 15.9. The summed E-state index contributed by atoms with van der Waals surface area (Å²) in [6.45, 7) is 1.91. The second kappa shape index (κ2) is 7.52. The first kappa shape index (κ1) is 15.9. The Labute approximate surface area is 128 Å². The van der Waals surface area contributed by atoms with E-state index >= 15 is 0 Å². The van der Waals surface area contributed by atoms with E-state index in [9.17, 15) is 14.3 Å². The smallest absolute Gasteiger partial charge is 0.337 e. The summed E-state index contributed by atoms with van der Waals surface area (Å²) < 4.78 is 18.0. The largest absolute Gasteiger partial charge is 0.463 e. The Morgan fingerprint density at radius 2 is 1.82 bits per heavy atom. The van der Waals surface area contributed by atoms with Crippen molar-refractivity contribution in [2.75, 3.05) is 6.61 Å². The van der Waals surface area contributed by atoms with Gasteiger partial charge in [0.2, 0.25) is 0 Å². The molecule has 0 aliphatic carbocycles. The van der Waals surface area contributed by atoms with Gasteiger partial charge in [-0.15, -0.1) is 0 Å². The molecule has 0 amide bonds. The lowest BCUT2D eigenvalue weighted by atomic mass is 9.99. The molecular weight excluding hydrogens is 283 g/mol. The molecule has 2 aromatic rings. The highest BCUT2D eigenvalue weighted by Crippen LogP contribution is 2.24. The summed E-state index contributed by atoms with van der Waals surface area (Å²) in [5.41, 5.74) is 1.31. The molecule has 22 heavy (non-hydrogen) atoms. The van der Waals surface area contributed by atoms with Crippen LogP contribution in [0.2, 0.25) is 0 Å². The van der Waals surface area contributed by atoms with Gasteiger partial charge in [-0.05, 0) is 36.3 Å². The Balaban J connectivity index is 2.38. The lowest BCUT2D eigenvalue weighted by molar-refractivity contribution is -0.139. The number of aliphatic hydroxyl groups excluding tert-OH is 1. The molecule has 1 atom stereocenters. The van der Waals surface area contributed by atoms with Crippen molar-refractivity contribution in [2.45, 2.75) is 13.0 Å². The summed E-state index contributed by atoms with van der Waals surface area (Å²) in [5.74, 6) is -0.957. The quantitative estimate of drug-likeness (QED) is 0.679. The van der Waals surface area contributed by atoms with Crippen LogP contribution in [0.15, 0.2) is 60.2 Å². The molecule has 0 aliphatic rings. The SMILES string of the molecule is CCOC(=O)/C(=C\c1ccc(F)cc1)C(O)c1ccccc1. The van der Waals surface area contributed by atoms with Gasteiger partial charge in [-0.25, -0.2) is 9.18 Å². The van der Waals surface area contributed by atoms with Crippen LogP contribution in [0.25, 0.3) is 6.08 Å². The standard InChI is InChI=1S/C18H17FO3/c1-2-22-18(21)16(12-13-8-10-15(19)11-9-13)17(20)14-6-4-3-5-7-14/h3-12,17,20H,2H2,1H3/b16-12-. The van der Waals surface area contributed by atoms with Crippen LogP contribution in [-0.4, -0.2) is 17.7 Å². The highest BCUT2D eigenvalue weighted by molar-refractivity contribution is 5.95. The summed E-state index contributed by atoms with van der Waals surface area (Å²) in [7, 11) is 0. The zero-order valence-corrected chi connectivity index (χ0v) is 12.2. The van der Waals surface area contributed by atoms with Crippen LogP contribution in [0.1, 0.15) is 24.2 Å². The van der Waals surface area contributed by atoms with E-state index in [0.29, 0.717) is 11.1 Å². The third-order valence-electron chi connectivity index (χ3n) is 3.11. The van der Waals surface area contributed by atoms with Gasteiger partial charge in [0.1, 0.15) is 11.9 Å². The van der Waals surface area contributed by atoms with Gasteiger partial charge >= 0.3 is 5.97 Å². The number of ether oxygens (including phenoxy) is 1. The molecule has 0 saturated carbocycles. The molecule has 0 spiro atoms. The minimum atomic E-state index is -1.11. The van der Waals surface area contributed by atoms with Crippen molar-refractivity contribution in [1.82, 2.24) is 0 Å². The van der Waals surface area contributed by atoms with Crippen molar-refractivity contribution in [1.29, 1.82) is 0 Å². The van der Waals surface area contributed by atoms with Gasteiger partial charge in [0.25, 0.3) is 0 Å². The normalized spacial score (nSPS) is 12.8. The number of aliphatic hydroxyl groups is 1.